The van der Waals surface area contributed by atoms with Crippen LogP contribution in [0, 0.1) is 0 Å². The monoisotopic (exact) mass is 290 g/mol. The second-order valence-corrected chi connectivity index (χ2v) is 6.20. The second-order valence-electron chi connectivity index (χ2n) is 6.20. The summed E-state index contributed by atoms with van der Waals surface area (Å²) in [7, 11) is 0. The van der Waals surface area contributed by atoms with E-state index in [4.69, 9.17) is 16.2 Å². The Hall–Kier alpha value is -1.46. The topological polar surface area (TPSA) is 67.8 Å². The first kappa shape index (κ1) is 14.5. The van der Waals surface area contributed by atoms with Crippen LogP contribution in [-0.4, -0.2) is 49.8 Å². The van der Waals surface area contributed by atoms with Crippen LogP contribution in [-0.2, 0) is 4.74 Å². The van der Waals surface area contributed by atoms with E-state index in [9.17, 15) is 0 Å². The molecule has 4 N–H and O–H groups in total. The lowest BCUT2D eigenvalue weighted by molar-refractivity contribution is 0.0280. The molecule has 0 unspecified atom stereocenters. The molecule has 2 aliphatic heterocycles. The summed E-state index contributed by atoms with van der Waals surface area (Å²) in [4.78, 5) is 5.03. The zero-order valence-corrected chi connectivity index (χ0v) is 12.8. The largest absolute Gasteiger partial charge is 0.399 e. The molecule has 1 aromatic carbocycles. The first-order valence-corrected chi connectivity index (χ1v) is 7.88. The Morgan fingerprint density at radius 2 is 1.90 bits per heavy atom. The minimum absolute atomic E-state index is 0.465. The summed E-state index contributed by atoms with van der Waals surface area (Å²) in [5.74, 6) is 0. The molecule has 0 bridgehead atoms. The smallest absolute Gasteiger partial charge is 0.0604 e. The Balaban J connectivity index is 1.67. The standard InChI is InChI=1S/C16H26N4O/c1-12-11-19(14-4-8-21-9-5-14)6-7-20(12)16-3-2-13(17)10-15(16)18/h2-3,10,12,14H,4-9,11,17-18H2,1H3/t12-/m0/s1. The predicted octanol–water partition coefficient (Wildman–Crippen LogP) is 1.54. The molecule has 5 nitrogen and oxygen atoms in total. The van der Waals surface area contributed by atoms with Gasteiger partial charge in [0.05, 0.1) is 11.4 Å². The van der Waals surface area contributed by atoms with E-state index in [0.29, 0.717) is 12.1 Å². The highest BCUT2D eigenvalue weighted by atomic mass is 16.5. The van der Waals surface area contributed by atoms with Crippen molar-refractivity contribution in [1.29, 1.82) is 0 Å². The maximum absolute atomic E-state index is 6.14. The Morgan fingerprint density at radius 3 is 2.57 bits per heavy atom. The maximum atomic E-state index is 6.14. The van der Waals surface area contributed by atoms with Gasteiger partial charge in [0.15, 0.2) is 0 Å². The molecule has 2 aliphatic rings. The highest BCUT2D eigenvalue weighted by Crippen LogP contribution is 2.29. The molecule has 1 aromatic rings. The van der Waals surface area contributed by atoms with E-state index in [-0.39, 0.29) is 0 Å². The molecule has 2 saturated heterocycles. The fourth-order valence-corrected chi connectivity index (χ4v) is 3.56. The number of rotatable bonds is 2. The molecular formula is C16H26N4O. The first-order valence-electron chi connectivity index (χ1n) is 7.88. The third kappa shape index (κ3) is 3.09. The minimum Gasteiger partial charge on any atom is -0.399 e. The van der Waals surface area contributed by atoms with Gasteiger partial charge in [0.25, 0.3) is 0 Å². The first-order chi connectivity index (χ1) is 10.1. The third-order valence-corrected chi connectivity index (χ3v) is 4.73. The summed E-state index contributed by atoms with van der Waals surface area (Å²) in [5, 5.41) is 0. The molecule has 2 fully saturated rings. The van der Waals surface area contributed by atoms with Gasteiger partial charge in [0.2, 0.25) is 0 Å². The number of piperazine rings is 1. The third-order valence-electron chi connectivity index (χ3n) is 4.73. The Kier molecular flexibility index (Phi) is 4.22. The van der Waals surface area contributed by atoms with Gasteiger partial charge in [-0.3, -0.25) is 4.90 Å². The van der Waals surface area contributed by atoms with E-state index in [1.165, 1.54) is 0 Å². The van der Waals surface area contributed by atoms with Crippen molar-refractivity contribution in [1.82, 2.24) is 4.90 Å². The Labute approximate surface area is 126 Å². The van der Waals surface area contributed by atoms with Crippen LogP contribution in [0.1, 0.15) is 19.8 Å². The lowest BCUT2D eigenvalue weighted by Gasteiger charge is -2.45. The van der Waals surface area contributed by atoms with E-state index in [1.807, 2.05) is 18.2 Å². The van der Waals surface area contributed by atoms with Crippen molar-refractivity contribution >= 4 is 17.1 Å². The highest BCUT2D eigenvalue weighted by molar-refractivity contribution is 5.72. The van der Waals surface area contributed by atoms with Gasteiger partial charge in [-0.25, -0.2) is 0 Å². The molecule has 0 aromatic heterocycles. The van der Waals surface area contributed by atoms with Gasteiger partial charge in [0, 0.05) is 50.6 Å². The van der Waals surface area contributed by atoms with Crippen LogP contribution in [0.15, 0.2) is 18.2 Å². The van der Waals surface area contributed by atoms with Gasteiger partial charge >= 0.3 is 0 Å². The van der Waals surface area contributed by atoms with Crippen LogP contribution >= 0.6 is 0 Å². The summed E-state index contributed by atoms with van der Waals surface area (Å²) >= 11 is 0. The number of nitrogens with two attached hydrogens (primary N) is 2. The molecule has 2 heterocycles. The van der Waals surface area contributed by atoms with Crippen molar-refractivity contribution in [2.45, 2.75) is 31.8 Å². The highest BCUT2D eigenvalue weighted by Gasteiger charge is 2.30. The fourth-order valence-electron chi connectivity index (χ4n) is 3.56. The van der Waals surface area contributed by atoms with E-state index in [1.54, 1.807) is 0 Å². The lowest BCUT2D eigenvalue weighted by Crippen LogP contribution is -2.56. The molecule has 3 rings (SSSR count). The lowest BCUT2D eigenvalue weighted by atomic mass is 10.0. The van der Waals surface area contributed by atoms with E-state index in [0.717, 1.165) is 62.8 Å². The summed E-state index contributed by atoms with van der Waals surface area (Å²) in [5.41, 5.74) is 14.6. The van der Waals surface area contributed by atoms with E-state index >= 15 is 0 Å². The quantitative estimate of drug-likeness (QED) is 0.809. The number of hydrogen-bond donors (Lipinski definition) is 2. The van der Waals surface area contributed by atoms with Crippen LogP contribution < -0.4 is 16.4 Å². The predicted molar refractivity (Wildman–Crippen MR) is 87.5 cm³/mol. The molecule has 1 atom stereocenters. The molecular weight excluding hydrogens is 264 g/mol. The van der Waals surface area contributed by atoms with Crippen molar-refractivity contribution in [3.8, 4) is 0 Å². The van der Waals surface area contributed by atoms with Crippen molar-refractivity contribution in [3.63, 3.8) is 0 Å². The SMILES string of the molecule is C[C@H]1CN(C2CCOCC2)CCN1c1ccc(N)cc1N. The zero-order valence-electron chi connectivity index (χ0n) is 12.8. The Bertz CT molecular complexity index is 487. The Morgan fingerprint density at radius 1 is 1.14 bits per heavy atom. The van der Waals surface area contributed by atoms with Gasteiger partial charge in [-0.2, -0.15) is 0 Å². The number of nitrogen functional groups attached to an aromatic ring is 2. The van der Waals surface area contributed by atoms with Crippen molar-refractivity contribution in [3.05, 3.63) is 18.2 Å². The molecule has 21 heavy (non-hydrogen) atoms. The second kappa shape index (κ2) is 6.12. The van der Waals surface area contributed by atoms with Gasteiger partial charge < -0.3 is 21.1 Å². The molecule has 0 aliphatic carbocycles. The van der Waals surface area contributed by atoms with Gasteiger partial charge in [-0.15, -0.1) is 0 Å². The number of anilines is 3. The summed E-state index contributed by atoms with van der Waals surface area (Å²) in [6.45, 7) is 7.30. The zero-order chi connectivity index (χ0) is 14.8. The number of nitrogens with zero attached hydrogens (tertiary/aromatic N) is 2. The molecule has 5 heteroatoms. The number of benzene rings is 1. The summed E-state index contributed by atoms with van der Waals surface area (Å²) < 4.78 is 5.47. The average Bonchev–Trinajstić information content (AvgIpc) is 2.49. The van der Waals surface area contributed by atoms with Gasteiger partial charge in [-0.1, -0.05) is 0 Å². The normalized spacial score (nSPS) is 25.2. The van der Waals surface area contributed by atoms with Crippen LogP contribution in [0.3, 0.4) is 0 Å². The molecule has 0 radical (unpaired) electrons. The van der Waals surface area contributed by atoms with Gasteiger partial charge in [-0.05, 0) is 38.0 Å². The fraction of sp³-hybridized carbons (Fsp3) is 0.625. The molecule has 0 saturated carbocycles. The van der Waals surface area contributed by atoms with E-state index < -0.39 is 0 Å². The van der Waals surface area contributed by atoms with Crippen LogP contribution in [0.25, 0.3) is 0 Å². The average molecular weight is 290 g/mol. The molecule has 0 spiro atoms. The van der Waals surface area contributed by atoms with Crippen LogP contribution in [0.4, 0.5) is 17.1 Å². The van der Waals surface area contributed by atoms with Crippen molar-refractivity contribution in [2.75, 3.05) is 49.2 Å². The van der Waals surface area contributed by atoms with Crippen molar-refractivity contribution < 1.29 is 4.74 Å². The molecule has 0 amide bonds. The molecule has 116 valence electrons. The van der Waals surface area contributed by atoms with E-state index in [2.05, 4.69) is 16.7 Å². The number of hydrogen-bond acceptors (Lipinski definition) is 5. The summed E-state index contributed by atoms with van der Waals surface area (Å²) in [6.07, 6.45) is 2.33. The van der Waals surface area contributed by atoms with Crippen molar-refractivity contribution in [2.24, 2.45) is 0 Å². The number of ether oxygens (including phenoxy) is 1. The summed E-state index contributed by atoms with van der Waals surface area (Å²) in [6, 6.07) is 6.99. The maximum Gasteiger partial charge on any atom is 0.0604 e. The van der Waals surface area contributed by atoms with Crippen LogP contribution in [0.2, 0.25) is 0 Å². The minimum atomic E-state index is 0.465. The van der Waals surface area contributed by atoms with Gasteiger partial charge in [0.1, 0.15) is 0 Å². The van der Waals surface area contributed by atoms with Crippen LogP contribution in [0.5, 0.6) is 0 Å².